The van der Waals surface area contributed by atoms with Gasteiger partial charge in [0.05, 0.1) is 18.1 Å². The molecule has 0 saturated heterocycles. The van der Waals surface area contributed by atoms with Gasteiger partial charge in [0.2, 0.25) is 5.91 Å². The van der Waals surface area contributed by atoms with Crippen molar-refractivity contribution >= 4 is 40.3 Å². The molecule has 0 saturated carbocycles. The molecule has 0 spiro atoms. The first-order valence-electron chi connectivity index (χ1n) is 8.69. The summed E-state index contributed by atoms with van der Waals surface area (Å²) < 4.78 is 10.8. The number of thioether (sulfide) groups is 1. The van der Waals surface area contributed by atoms with E-state index in [0.29, 0.717) is 16.9 Å². The molecule has 1 atom stereocenters. The number of amides is 1. The predicted molar refractivity (Wildman–Crippen MR) is 109 cm³/mol. The zero-order valence-electron chi connectivity index (χ0n) is 14.6. The minimum atomic E-state index is -0.00975. The van der Waals surface area contributed by atoms with Crippen LogP contribution in [0.25, 0.3) is 11.7 Å². The Bertz CT molecular complexity index is 1070. The molecule has 0 N–H and O–H groups in total. The highest BCUT2D eigenvalue weighted by Gasteiger charge is 2.33. The van der Waals surface area contributed by atoms with Crippen LogP contribution < -0.4 is 0 Å². The van der Waals surface area contributed by atoms with Crippen LogP contribution in [0.2, 0.25) is 0 Å². The van der Waals surface area contributed by atoms with E-state index in [0.717, 1.165) is 13.0 Å². The summed E-state index contributed by atoms with van der Waals surface area (Å²) in [7, 11) is 0. The van der Waals surface area contributed by atoms with Crippen molar-refractivity contribution in [2.45, 2.75) is 17.7 Å². The molecule has 142 valence electrons. The highest BCUT2D eigenvalue weighted by molar-refractivity contribution is 7.99. The summed E-state index contributed by atoms with van der Waals surface area (Å²) in [4.78, 5) is 17.6. The van der Waals surface area contributed by atoms with Crippen molar-refractivity contribution in [3.05, 3.63) is 62.7 Å². The lowest BCUT2D eigenvalue weighted by Crippen LogP contribution is -2.40. The van der Waals surface area contributed by atoms with Crippen molar-refractivity contribution < 1.29 is 13.6 Å². The summed E-state index contributed by atoms with van der Waals surface area (Å²) in [5.74, 6) is 1.15. The summed E-state index contributed by atoms with van der Waals surface area (Å²) in [6.07, 6.45) is 2.45. The van der Waals surface area contributed by atoms with Crippen LogP contribution in [0.4, 0.5) is 0 Å². The Kier molecular flexibility index (Phi) is 4.79. The first kappa shape index (κ1) is 17.7. The van der Waals surface area contributed by atoms with E-state index in [1.54, 1.807) is 41.1 Å². The van der Waals surface area contributed by atoms with Crippen molar-refractivity contribution in [2.75, 3.05) is 12.3 Å². The Morgan fingerprint density at radius 2 is 2.18 bits per heavy atom. The molecule has 1 amide bonds. The number of aromatic nitrogens is 2. The van der Waals surface area contributed by atoms with E-state index in [2.05, 4.69) is 33.1 Å². The zero-order chi connectivity index (χ0) is 18.9. The summed E-state index contributed by atoms with van der Waals surface area (Å²) in [6.45, 7) is 0.719. The Balaban J connectivity index is 1.32. The van der Waals surface area contributed by atoms with Gasteiger partial charge in [-0.2, -0.15) is 0 Å². The fourth-order valence-electron chi connectivity index (χ4n) is 3.31. The van der Waals surface area contributed by atoms with Gasteiger partial charge in [-0.25, -0.2) is 0 Å². The normalized spacial score (nSPS) is 16.3. The summed E-state index contributed by atoms with van der Waals surface area (Å²) in [5.41, 5.74) is 1.25. The number of nitrogens with zero attached hydrogens (tertiary/aromatic N) is 3. The Labute approximate surface area is 173 Å². The molecule has 0 aromatic carbocycles. The van der Waals surface area contributed by atoms with Gasteiger partial charge in [-0.15, -0.1) is 32.9 Å². The smallest absolute Gasteiger partial charge is 0.284 e. The molecule has 4 aromatic rings. The van der Waals surface area contributed by atoms with Gasteiger partial charge >= 0.3 is 0 Å². The Hall–Kier alpha value is -2.36. The molecule has 5 rings (SSSR count). The molecule has 9 heteroatoms. The van der Waals surface area contributed by atoms with E-state index in [1.807, 2.05) is 11.0 Å². The van der Waals surface area contributed by atoms with E-state index in [1.165, 1.54) is 27.1 Å². The molecular weight excluding hydrogens is 414 g/mol. The molecule has 1 unspecified atom stereocenters. The van der Waals surface area contributed by atoms with Crippen LogP contribution in [-0.4, -0.2) is 33.3 Å². The minimum Gasteiger partial charge on any atom is -0.459 e. The number of rotatable bonds is 5. The monoisotopic (exact) mass is 429 g/mol. The maximum absolute atomic E-state index is 13.0. The average Bonchev–Trinajstić information content (AvgIpc) is 3.50. The van der Waals surface area contributed by atoms with Gasteiger partial charge < -0.3 is 13.7 Å². The standard InChI is InChI=1S/C19H15N3O3S3/c23-16(11-28-19-21-20-18(25-19)13-3-1-8-24-13)22-7-5-14-12(6-10-27-14)17(22)15-4-2-9-26-15/h1-4,6,8-10,17H,5,7,11H2. The van der Waals surface area contributed by atoms with Crippen molar-refractivity contribution in [1.29, 1.82) is 0 Å². The van der Waals surface area contributed by atoms with E-state index < -0.39 is 0 Å². The number of thiophene rings is 2. The highest BCUT2D eigenvalue weighted by Crippen LogP contribution is 2.39. The topological polar surface area (TPSA) is 72.4 Å². The van der Waals surface area contributed by atoms with Gasteiger partial charge in [-0.3, -0.25) is 4.79 Å². The van der Waals surface area contributed by atoms with Gasteiger partial charge in [-0.05, 0) is 47.0 Å². The molecule has 5 heterocycles. The lowest BCUT2D eigenvalue weighted by Gasteiger charge is -2.35. The molecule has 1 aliphatic rings. The van der Waals surface area contributed by atoms with Crippen LogP contribution in [0.1, 0.15) is 21.4 Å². The quantitative estimate of drug-likeness (QED) is 0.428. The molecule has 6 nitrogen and oxygen atoms in total. The minimum absolute atomic E-state index is 0.00975. The zero-order valence-corrected chi connectivity index (χ0v) is 17.1. The van der Waals surface area contributed by atoms with Crippen LogP contribution in [-0.2, 0) is 11.2 Å². The first-order valence-corrected chi connectivity index (χ1v) is 11.4. The van der Waals surface area contributed by atoms with Gasteiger partial charge in [0, 0.05) is 16.3 Å². The van der Waals surface area contributed by atoms with Crippen molar-refractivity contribution in [2.24, 2.45) is 0 Å². The third kappa shape index (κ3) is 3.30. The largest absolute Gasteiger partial charge is 0.459 e. The summed E-state index contributed by atoms with van der Waals surface area (Å²) >= 11 is 4.71. The third-order valence-corrected chi connectivity index (χ3v) is 7.28. The number of carbonyl (C=O) groups excluding carboxylic acids is 1. The van der Waals surface area contributed by atoms with Gasteiger partial charge in [0.15, 0.2) is 5.76 Å². The van der Waals surface area contributed by atoms with Crippen LogP contribution in [0.15, 0.2) is 61.4 Å². The molecule has 0 bridgehead atoms. The van der Waals surface area contributed by atoms with Gasteiger partial charge in [-0.1, -0.05) is 17.8 Å². The number of carbonyl (C=O) groups is 1. The number of fused-ring (bicyclic) bond motifs is 1. The van der Waals surface area contributed by atoms with Gasteiger partial charge in [0.25, 0.3) is 11.1 Å². The van der Waals surface area contributed by atoms with E-state index >= 15 is 0 Å². The lowest BCUT2D eigenvalue weighted by molar-refractivity contribution is -0.130. The van der Waals surface area contributed by atoms with E-state index in [-0.39, 0.29) is 17.7 Å². The molecule has 0 fully saturated rings. The molecule has 4 aromatic heterocycles. The fraction of sp³-hybridized carbons (Fsp3) is 0.211. The fourth-order valence-corrected chi connectivity index (χ4v) is 5.72. The molecule has 1 aliphatic heterocycles. The van der Waals surface area contributed by atoms with Crippen molar-refractivity contribution in [3.8, 4) is 11.7 Å². The number of hydrogen-bond acceptors (Lipinski definition) is 8. The predicted octanol–water partition coefficient (Wildman–Crippen LogP) is 4.72. The van der Waals surface area contributed by atoms with Crippen molar-refractivity contribution in [3.63, 3.8) is 0 Å². The second-order valence-electron chi connectivity index (χ2n) is 6.19. The highest BCUT2D eigenvalue weighted by atomic mass is 32.2. The van der Waals surface area contributed by atoms with E-state index in [4.69, 9.17) is 8.83 Å². The second kappa shape index (κ2) is 7.57. The lowest BCUT2D eigenvalue weighted by atomic mass is 9.98. The average molecular weight is 430 g/mol. The maximum Gasteiger partial charge on any atom is 0.284 e. The van der Waals surface area contributed by atoms with Crippen LogP contribution in [0.3, 0.4) is 0 Å². The Morgan fingerprint density at radius 3 is 3.00 bits per heavy atom. The molecule has 28 heavy (non-hydrogen) atoms. The van der Waals surface area contributed by atoms with Crippen LogP contribution in [0, 0.1) is 0 Å². The number of furan rings is 1. The Morgan fingerprint density at radius 1 is 1.21 bits per heavy atom. The molecule has 0 radical (unpaired) electrons. The third-order valence-electron chi connectivity index (χ3n) is 4.56. The van der Waals surface area contributed by atoms with Crippen LogP contribution in [0.5, 0.6) is 0 Å². The molecule has 0 aliphatic carbocycles. The van der Waals surface area contributed by atoms with Crippen LogP contribution >= 0.6 is 34.4 Å². The molecular formula is C19H15N3O3S3. The SMILES string of the molecule is O=C(CSc1nnc(-c2ccco2)o1)N1CCc2sccc2C1c1cccs1. The number of hydrogen-bond donors (Lipinski definition) is 0. The maximum atomic E-state index is 13.0. The van der Waals surface area contributed by atoms with E-state index in [9.17, 15) is 4.79 Å². The summed E-state index contributed by atoms with van der Waals surface area (Å²) in [5, 5.41) is 12.5. The second-order valence-corrected chi connectivity index (χ2v) is 9.10. The summed E-state index contributed by atoms with van der Waals surface area (Å²) in [6, 6.07) is 9.78. The van der Waals surface area contributed by atoms with Gasteiger partial charge in [0.1, 0.15) is 0 Å². The van der Waals surface area contributed by atoms with Crippen molar-refractivity contribution in [1.82, 2.24) is 15.1 Å². The first-order chi connectivity index (χ1) is 13.8.